The highest BCUT2D eigenvalue weighted by molar-refractivity contribution is 6.31. The number of hydrogen-bond donors (Lipinski definition) is 0. The summed E-state index contributed by atoms with van der Waals surface area (Å²) in [6.45, 7) is 1.97. The van der Waals surface area contributed by atoms with Gasteiger partial charge in [0.2, 0.25) is 11.8 Å². The number of pyridine rings is 1. The van der Waals surface area contributed by atoms with Gasteiger partial charge in [-0.2, -0.15) is 0 Å². The highest BCUT2D eigenvalue weighted by Crippen LogP contribution is 2.35. The first-order chi connectivity index (χ1) is 10.6. The quantitative estimate of drug-likeness (QED) is 0.816. The molecule has 1 aromatic carbocycles. The van der Waals surface area contributed by atoms with Crippen LogP contribution in [0.5, 0.6) is 0 Å². The lowest BCUT2D eigenvalue weighted by molar-refractivity contribution is -0.122. The Bertz CT molecular complexity index is 718. The molecule has 112 valence electrons. The number of anilines is 1. The molecule has 4 nitrogen and oxygen atoms in total. The SMILES string of the molecule is C[C@@H](c1ccccc1)[C@H]1CC(=O)N(c2cc(Cl)ccn2)C1=O. The molecular weight excluding hydrogens is 300 g/mol. The molecule has 1 aliphatic heterocycles. The number of halogens is 1. The minimum absolute atomic E-state index is 0.0261. The zero-order valence-electron chi connectivity index (χ0n) is 12.1. The lowest BCUT2D eigenvalue weighted by atomic mass is 9.86. The van der Waals surface area contributed by atoms with Gasteiger partial charge in [-0.25, -0.2) is 9.88 Å². The van der Waals surface area contributed by atoms with E-state index in [1.807, 2.05) is 37.3 Å². The lowest BCUT2D eigenvalue weighted by Crippen LogP contribution is -2.32. The normalized spacial score (nSPS) is 19.5. The third kappa shape index (κ3) is 2.62. The summed E-state index contributed by atoms with van der Waals surface area (Å²) in [4.78, 5) is 30.2. The van der Waals surface area contributed by atoms with E-state index in [4.69, 9.17) is 11.6 Å². The predicted octanol–water partition coefficient (Wildman–Crippen LogP) is 3.42. The number of carbonyl (C=O) groups is 2. The van der Waals surface area contributed by atoms with E-state index in [2.05, 4.69) is 4.98 Å². The van der Waals surface area contributed by atoms with Gasteiger partial charge < -0.3 is 0 Å². The Morgan fingerprint density at radius 1 is 1.23 bits per heavy atom. The summed E-state index contributed by atoms with van der Waals surface area (Å²) in [5.74, 6) is -0.536. The largest absolute Gasteiger partial charge is 0.274 e. The Hall–Kier alpha value is -2.20. The number of amides is 2. The zero-order valence-corrected chi connectivity index (χ0v) is 12.8. The number of benzene rings is 1. The zero-order chi connectivity index (χ0) is 15.7. The summed E-state index contributed by atoms with van der Waals surface area (Å²) >= 11 is 5.92. The fraction of sp³-hybridized carbons (Fsp3) is 0.235. The van der Waals surface area contributed by atoms with E-state index in [1.54, 1.807) is 6.07 Å². The molecule has 0 unspecified atom stereocenters. The van der Waals surface area contributed by atoms with Crippen molar-refractivity contribution in [3.05, 3.63) is 59.2 Å². The molecule has 3 rings (SSSR count). The molecule has 1 aromatic heterocycles. The van der Waals surface area contributed by atoms with Crippen molar-refractivity contribution in [1.82, 2.24) is 4.98 Å². The van der Waals surface area contributed by atoms with Gasteiger partial charge >= 0.3 is 0 Å². The molecule has 0 radical (unpaired) electrons. The summed E-state index contributed by atoms with van der Waals surface area (Å²) in [6.07, 6.45) is 1.69. The van der Waals surface area contributed by atoms with Gasteiger partial charge in [0.05, 0.1) is 5.92 Å². The number of hydrogen-bond acceptors (Lipinski definition) is 3. The summed E-state index contributed by atoms with van der Waals surface area (Å²) in [7, 11) is 0. The molecule has 2 aromatic rings. The van der Waals surface area contributed by atoms with Crippen LogP contribution in [0.25, 0.3) is 0 Å². The van der Waals surface area contributed by atoms with Crippen molar-refractivity contribution in [2.24, 2.45) is 5.92 Å². The molecular formula is C17H15ClN2O2. The second-order valence-corrected chi connectivity index (χ2v) is 5.85. The first-order valence-corrected chi connectivity index (χ1v) is 7.49. The van der Waals surface area contributed by atoms with Crippen molar-refractivity contribution in [3.63, 3.8) is 0 Å². The Labute approximate surface area is 133 Å². The van der Waals surface area contributed by atoms with Gasteiger partial charge in [-0.3, -0.25) is 9.59 Å². The van der Waals surface area contributed by atoms with Crippen LogP contribution < -0.4 is 4.90 Å². The molecule has 0 spiro atoms. The second-order valence-electron chi connectivity index (χ2n) is 5.41. The van der Waals surface area contributed by atoms with Crippen molar-refractivity contribution in [3.8, 4) is 0 Å². The van der Waals surface area contributed by atoms with Gasteiger partial charge in [-0.1, -0.05) is 48.9 Å². The molecule has 2 amide bonds. The van der Waals surface area contributed by atoms with Crippen LogP contribution in [-0.2, 0) is 9.59 Å². The van der Waals surface area contributed by atoms with Gasteiger partial charge in [-0.05, 0) is 17.5 Å². The maximum atomic E-state index is 12.7. The molecule has 22 heavy (non-hydrogen) atoms. The number of nitrogens with zero attached hydrogens (tertiary/aromatic N) is 2. The molecule has 0 aliphatic carbocycles. The number of rotatable bonds is 3. The van der Waals surface area contributed by atoms with E-state index in [1.165, 1.54) is 12.3 Å². The molecule has 0 bridgehead atoms. The molecule has 2 atom stereocenters. The van der Waals surface area contributed by atoms with E-state index in [0.29, 0.717) is 10.8 Å². The molecule has 1 aliphatic rings. The standard InChI is InChI=1S/C17H15ClN2O2/c1-11(12-5-3-2-4-6-12)14-10-16(21)20(17(14)22)15-9-13(18)7-8-19-15/h2-9,11,14H,10H2,1H3/t11-,14+/m0/s1. The van der Waals surface area contributed by atoms with Crippen LogP contribution in [-0.4, -0.2) is 16.8 Å². The first kappa shape index (κ1) is 14.7. The maximum Gasteiger partial charge on any atom is 0.239 e. The molecule has 5 heteroatoms. The van der Waals surface area contributed by atoms with Gasteiger partial charge in [0, 0.05) is 23.7 Å². The van der Waals surface area contributed by atoms with Crippen LogP contribution in [0.15, 0.2) is 48.7 Å². The van der Waals surface area contributed by atoms with Crippen molar-refractivity contribution >= 4 is 29.2 Å². The highest BCUT2D eigenvalue weighted by Gasteiger charge is 2.43. The topological polar surface area (TPSA) is 50.3 Å². The van der Waals surface area contributed by atoms with Crippen LogP contribution in [0.2, 0.25) is 5.02 Å². The lowest BCUT2D eigenvalue weighted by Gasteiger charge is -2.18. The number of aromatic nitrogens is 1. The van der Waals surface area contributed by atoms with Gasteiger partial charge in [-0.15, -0.1) is 0 Å². The Morgan fingerprint density at radius 2 is 1.95 bits per heavy atom. The van der Waals surface area contributed by atoms with Gasteiger partial charge in [0.15, 0.2) is 0 Å². The van der Waals surface area contributed by atoms with E-state index < -0.39 is 0 Å². The minimum Gasteiger partial charge on any atom is -0.274 e. The number of imide groups is 1. The summed E-state index contributed by atoms with van der Waals surface area (Å²) in [6, 6.07) is 12.9. The van der Waals surface area contributed by atoms with Crippen LogP contribution >= 0.6 is 11.6 Å². The molecule has 0 N–H and O–H groups in total. The van der Waals surface area contributed by atoms with Crippen LogP contribution in [0, 0.1) is 5.92 Å². The third-order valence-electron chi connectivity index (χ3n) is 4.05. The van der Waals surface area contributed by atoms with Crippen molar-refractivity contribution in [2.75, 3.05) is 4.90 Å². The van der Waals surface area contributed by atoms with Crippen LogP contribution in [0.3, 0.4) is 0 Å². The van der Waals surface area contributed by atoms with E-state index in [9.17, 15) is 9.59 Å². The van der Waals surface area contributed by atoms with Crippen molar-refractivity contribution in [1.29, 1.82) is 0 Å². The Balaban J connectivity index is 1.89. The smallest absolute Gasteiger partial charge is 0.239 e. The van der Waals surface area contributed by atoms with Crippen molar-refractivity contribution in [2.45, 2.75) is 19.3 Å². The average molecular weight is 315 g/mol. The second kappa shape index (κ2) is 5.89. The van der Waals surface area contributed by atoms with Crippen molar-refractivity contribution < 1.29 is 9.59 Å². The molecule has 0 saturated carbocycles. The predicted molar refractivity (Wildman–Crippen MR) is 84.7 cm³/mol. The molecule has 1 saturated heterocycles. The fourth-order valence-electron chi connectivity index (χ4n) is 2.79. The fourth-order valence-corrected chi connectivity index (χ4v) is 2.95. The maximum absolute atomic E-state index is 12.7. The molecule has 2 heterocycles. The van der Waals surface area contributed by atoms with E-state index in [0.717, 1.165) is 10.5 Å². The van der Waals surface area contributed by atoms with E-state index >= 15 is 0 Å². The van der Waals surface area contributed by atoms with Gasteiger partial charge in [0.25, 0.3) is 0 Å². The summed E-state index contributed by atoms with van der Waals surface area (Å²) in [5, 5.41) is 0.449. The monoisotopic (exact) mass is 314 g/mol. The molecule has 1 fully saturated rings. The van der Waals surface area contributed by atoms with E-state index in [-0.39, 0.29) is 30.1 Å². The first-order valence-electron chi connectivity index (χ1n) is 7.11. The average Bonchev–Trinajstić information content (AvgIpc) is 2.82. The van der Waals surface area contributed by atoms with Crippen LogP contribution in [0.1, 0.15) is 24.8 Å². The Morgan fingerprint density at radius 3 is 2.64 bits per heavy atom. The Kier molecular flexibility index (Phi) is 3.94. The van der Waals surface area contributed by atoms with Gasteiger partial charge in [0.1, 0.15) is 5.82 Å². The summed E-state index contributed by atoms with van der Waals surface area (Å²) in [5.41, 5.74) is 1.05. The number of carbonyl (C=O) groups excluding carboxylic acids is 2. The summed E-state index contributed by atoms with van der Waals surface area (Å²) < 4.78 is 0. The highest BCUT2D eigenvalue weighted by atomic mass is 35.5. The minimum atomic E-state index is -0.365. The third-order valence-corrected chi connectivity index (χ3v) is 4.28. The van der Waals surface area contributed by atoms with Crippen LogP contribution in [0.4, 0.5) is 5.82 Å².